The van der Waals surface area contributed by atoms with E-state index >= 15 is 0 Å². The third-order valence-electron chi connectivity index (χ3n) is 3.11. The molecule has 1 aliphatic carbocycles. The molecule has 1 aliphatic rings. The van der Waals surface area contributed by atoms with Gasteiger partial charge in [-0.2, -0.15) is 0 Å². The average Bonchev–Trinajstić information content (AvgIpc) is 2.87. The number of hydrogen-bond donors (Lipinski definition) is 1. The van der Waals surface area contributed by atoms with Gasteiger partial charge in [0.25, 0.3) is 0 Å². The highest BCUT2D eigenvalue weighted by Crippen LogP contribution is 2.34. The molecule has 0 bridgehead atoms. The lowest BCUT2D eigenvalue weighted by Gasteiger charge is -2.15. The van der Waals surface area contributed by atoms with Crippen LogP contribution in [0.5, 0.6) is 0 Å². The lowest BCUT2D eigenvalue weighted by molar-refractivity contribution is 0.431. The summed E-state index contributed by atoms with van der Waals surface area (Å²) in [7, 11) is 2.12. The van der Waals surface area contributed by atoms with Crippen LogP contribution >= 0.6 is 0 Å². The fourth-order valence-corrected chi connectivity index (χ4v) is 2.03. The summed E-state index contributed by atoms with van der Waals surface area (Å²) < 4.78 is 0. The van der Waals surface area contributed by atoms with Crippen molar-refractivity contribution < 1.29 is 0 Å². The number of unbranched alkanes of at least 4 members (excludes halogenated alkanes) is 1. The van der Waals surface area contributed by atoms with Crippen molar-refractivity contribution in [3.8, 4) is 0 Å². The summed E-state index contributed by atoms with van der Waals surface area (Å²) in [5, 5.41) is 3.45. The zero-order valence-electron chi connectivity index (χ0n) is 9.47. The van der Waals surface area contributed by atoms with Crippen LogP contribution in [0.3, 0.4) is 0 Å². The van der Waals surface area contributed by atoms with Crippen LogP contribution in [0.4, 0.5) is 0 Å². The third-order valence-corrected chi connectivity index (χ3v) is 3.11. The Morgan fingerprint density at radius 3 is 2.23 bits per heavy atom. The SMILES string of the molecule is CNC(CCCCC(C)C)C1CC1. The Kier molecular flexibility index (Phi) is 4.79. The maximum Gasteiger partial charge on any atom is 0.00923 e. The minimum atomic E-state index is 0.826. The van der Waals surface area contributed by atoms with E-state index in [1.54, 1.807) is 0 Å². The summed E-state index contributed by atoms with van der Waals surface area (Å²) in [5.74, 6) is 1.90. The molecule has 0 spiro atoms. The van der Waals surface area contributed by atoms with Gasteiger partial charge in [-0.25, -0.2) is 0 Å². The second-order valence-electron chi connectivity index (χ2n) is 4.91. The maximum absolute atomic E-state index is 3.45. The molecule has 1 N–H and O–H groups in total. The van der Waals surface area contributed by atoms with Gasteiger partial charge in [-0.1, -0.05) is 33.1 Å². The van der Waals surface area contributed by atoms with Crippen LogP contribution < -0.4 is 5.32 Å². The highest BCUT2D eigenvalue weighted by atomic mass is 14.9. The second kappa shape index (κ2) is 5.64. The predicted octanol–water partition coefficient (Wildman–Crippen LogP) is 3.20. The zero-order valence-corrected chi connectivity index (χ0v) is 9.47. The summed E-state index contributed by atoms with van der Waals surface area (Å²) in [6, 6.07) is 0.826. The molecule has 1 rings (SSSR count). The van der Waals surface area contributed by atoms with Crippen molar-refractivity contribution >= 4 is 0 Å². The van der Waals surface area contributed by atoms with Crippen LogP contribution in [0, 0.1) is 11.8 Å². The van der Waals surface area contributed by atoms with Crippen LogP contribution in [-0.4, -0.2) is 13.1 Å². The molecular formula is C12H25N. The van der Waals surface area contributed by atoms with E-state index in [0.717, 1.165) is 17.9 Å². The van der Waals surface area contributed by atoms with E-state index in [0.29, 0.717) is 0 Å². The molecule has 1 fully saturated rings. The van der Waals surface area contributed by atoms with Gasteiger partial charge >= 0.3 is 0 Å². The molecule has 0 radical (unpaired) electrons. The van der Waals surface area contributed by atoms with Gasteiger partial charge in [-0.15, -0.1) is 0 Å². The fourth-order valence-electron chi connectivity index (χ4n) is 2.03. The maximum atomic E-state index is 3.45. The van der Waals surface area contributed by atoms with Crippen molar-refractivity contribution in [1.29, 1.82) is 0 Å². The molecule has 0 aromatic rings. The molecule has 0 aromatic carbocycles. The van der Waals surface area contributed by atoms with Crippen molar-refractivity contribution in [2.45, 2.75) is 58.4 Å². The molecule has 78 valence electrons. The first-order valence-corrected chi connectivity index (χ1v) is 5.91. The number of hydrogen-bond acceptors (Lipinski definition) is 1. The molecular weight excluding hydrogens is 158 g/mol. The Morgan fingerprint density at radius 1 is 1.15 bits per heavy atom. The normalized spacial score (nSPS) is 19.4. The first kappa shape index (κ1) is 11.0. The van der Waals surface area contributed by atoms with Gasteiger partial charge in [0.1, 0.15) is 0 Å². The Morgan fingerprint density at radius 2 is 1.77 bits per heavy atom. The number of nitrogens with one attached hydrogen (secondary N) is 1. The summed E-state index contributed by atoms with van der Waals surface area (Å²) in [6.45, 7) is 4.63. The second-order valence-corrected chi connectivity index (χ2v) is 4.91. The Hall–Kier alpha value is -0.0400. The topological polar surface area (TPSA) is 12.0 Å². The van der Waals surface area contributed by atoms with Crippen LogP contribution in [0.15, 0.2) is 0 Å². The molecule has 1 heteroatoms. The Bertz CT molecular complexity index is 127. The summed E-state index contributed by atoms with van der Waals surface area (Å²) in [6.07, 6.45) is 8.57. The van der Waals surface area contributed by atoms with E-state index in [-0.39, 0.29) is 0 Å². The summed E-state index contributed by atoms with van der Waals surface area (Å²) in [4.78, 5) is 0. The van der Waals surface area contributed by atoms with Gasteiger partial charge in [-0.3, -0.25) is 0 Å². The Labute approximate surface area is 83.3 Å². The molecule has 1 atom stereocenters. The van der Waals surface area contributed by atoms with Crippen LogP contribution in [0.25, 0.3) is 0 Å². The molecule has 0 heterocycles. The van der Waals surface area contributed by atoms with E-state index in [2.05, 4.69) is 26.2 Å². The monoisotopic (exact) mass is 183 g/mol. The largest absolute Gasteiger partial charge is 0.317 e. The van der Waals surface area contributed by atoms with Crippen molar-refractivity contribution in [2.75, 3.05) is 7.05 Å². The fraction of sp³-hybridized carbons (Fsp3) is 1.00. The van der Waals surface area contributed by atoms with E-state index < -0.39 is 0 Å². The number of rotatable bonds is 7. The first-order chi connectivity index (χ1) is 6.24. The molecule has 1 nitrogen and oxygen atoms in total. The molecule has 0 aliphatic heterocycles. The lowest BCUT2D eigenvalue weighted by atomic mass is 10.0. The average molecular weight is 183 g/mol. The highest BCUT2D eigenvalue weighted by molar-refractivity contribution is 4.85. The minimum absolute atomic E-state index is 0.826. The summed E-state index contributed by atoms with van der Waals surface area (Å²) in [5.41, 5.74) is 0. The Balaban J connectivity index is 1.96. The first-order valence-electron chi connectivity index (χ1n) is 5.91. The van der Waals surface area contributed by atoms with Gasteiger partial charge < -0.3 is 5.32 Å². The molecule has 13 heavy (non-hydrogen) atoms. The van der Waals surface area contributed by atoms with Crippen molar-refractivity contribution in [1.82, 2.24) is 5.32 Å². The van der Waals surface area contributed by atoms with Crippen LogP contribution in [0.1, 0.15) is 52.4 Å². The predicted molar refractivity (Wildman–Crippen MR) is 58.9 cm³/mol. The van der Waals surface area contributed by atoms with Crippen molar-refractivity contribution in [3.05, 3.63) is 0 Å². The minimum Gasteiger partial charge on any atom is -0.317 e. The van der Waals surface area contributed by atoms with Gasteiger partial charge in [-0.05, 0) is 38.1 Å². The lowest BCUT2D eigenvalue weighted by Crippen LogP contribution is -2.27. The van der Waals surface area contributed by atoms with E-state index in [1.165, 1.54) is 38.5 Å². The van der Waals surface area contributed by atoms with Crippen molar-refractivity contribution in [2.24, 2.45) is 11.8 Å². The van der Waals surface area contributed by atoms with Gasteiger partial charge in [0, 0.05) is 6.04 Å². The standard InChI is InChI=1S/C12H25N/c1-10(2)6-4-5-7-12(13-3)11-8-9-11/h10-13H,4-9H2,1-3H3. The molecule has 0 amide bonds. The highest BCUT2D eigenvalue weighted by Gasteiger charge is 2.29. The van der Waals surface area contributed by atoms with Crippen LogP contribution in [-0.2, 0) is 0 Å². The molecule has 1 unspecified atom stereocenters. The zero-order chi connectivity index (χ0) is 9.68. The third kappa shape index (κ3) is 4.66. The molecule has 0 saturated heterocycles. The quantitative estimate of drug-likeness (QED) is 0.598. The van der Waals surface area contributed by atoms with E-state index in [1.807, 2.05) is 0 Å². The van der Waals surface area contributed by atoms with Gasteiger partial charge in [0.05, 0.1) is 0 Å². The van der Waals surface area contributed by atoms with Crippen LogP contribution in [0.2, 0.25) is 0 Å². The van der Waals surface area contributed by atoms with Gasteiger partial charge in [0.2, 0.25) is 0 Å². The van der Waals surface area contributed by atoms with E-state index in [4.69, 9.17) is 0 Å². The van der Waals surface area contributed by atoms with Crippen molar-refractivity contribution in [3.63, 3.8) is 0 Å². The summed E-state index contributed by atoms with van der Waals surface area (Å²) >= 11 is 0. The molecule has 1 saturated carbocycles. The molecule has 0 aromatic heterocycles. The van der Waals surface area contributed by atoms with E-state index in [9.17, 15) is 0 Å². The smallest absolute Gasteiger partial charge is 0.00923 e. The van der Waals surface area contributed by atoms with Gasteiger partial charge in [0.15, 0.2) is 0 Å².